The second-order valence-electron chi connectivity index (χ2n) is 5.16. The first-order valence-corrected chi connectivity index (χ1v) is 7.11. The van der Waals surface area contributed by atoms with E-state index < -0.39 is 23.7 Å². The van der Waals surface area contributed by atoms with E-state index in [0.717, 1.165) is 0 Å². The van der Waals surface area contributed by atoms with Gasteiger partial charge in [-0.2, -0.15) is 0 Å². The van der Waals surface area contributed by atoms with Crippen LogP contribution >= 0.6 is 15.9 Å². The van der Waals surface area contributed by atoms with Crippen molar-refractivity contribution >= 4 is 27.8 Å². The monoisotopic (exact) mass is 343 g/mol. The average Bonchev–Trinajstić information content (AvgIpc) is 2.70. The molecule has 1 aliphatic rings. The zero-order valence-electron chi connectivity index (χ0n) is 11.1. The van der Waals surface area contributed by atoms with Gasteiger partial charge in [0.2, 0.25) is 5.91 Å². The van der Waals surface area contributed by atoms with Gasteiger partial charge in [-0.1, -0.05) is 6.07 Å². The molecule has 1 aliphatic heterocycles. The lowest BCUT2D eigenvalue weighted by molar-refractivity contribution is -0.142. The molecule has 0 saturated carbocycles. The SMILES string of the molecule is CC(C)N1C(=O)CC(C(=O)O)C1c1ccc(F)c(Br)c1. The van der Waals surface area contributed by atoms with E-state index in [1.807, 2.05) is 13.8 Å². The number of carboxylic acids is 1. The molecule has 0 radical (unpaired) electrons. The molecule has 1 aromatic carbocycles. The molecular weight excluding hydrogens is 329 g/mol. The van der Waals surface area contributed by atoms with Crippen LogP contribution in [0.15, 0.2) is 22.7 Å². The molecule has 1 heterocycles. The first-order valence-electron chi connectivity index (χ1n) is 6.32. The van der Waals surface area contributed by atoms with Crippen molar-refractivity contribution in [2.75, 3.05) is 0 Å². The minimum atomic E-state index is -1.01. The Morgan fingerprint density at radius 3 is 2.65 bits per heavy atom. The van der Waals surface area contributed by atoms with Crippen LogP contribution in [0.4, 0.5) is 4.39 Å². The summed E-state index contributed by atoms with van der Waals surface area (Å²) in [5.74, 6) is -2.41. The van der Waals surface area contributed by atoms with Crippen molar-refractivity contribution < 1.29 is 19.1 Å². The third kappa shape index (κ3) is 2.57. The molecule has 108 valence electrons. The highest BCUT2D eigenvalue weighted by molar-refractivity contribution is 9.10. The van der Waals surface area contributed by atoms with Gasteiger partial charge in [0.05, 0.1) is 16.4 Å². The van der Waals surface area contributed by atoms with E-state index in [1.54, 1.807) is 11.0 Å². The van der Waals surface area contributed by atoms with Crippen molar-refractivity contribution in [1.82, 2.24) is 4.90 Å². The van der Waals surface area contributed by atoms with Crippen LogP contribution in [0.5, 0.6) is 0 Å². The Hall–Kier alpha value is -1.43. The van der Waals surface area contributed by atoms with Gasteiger partial charge >= 0.3 is 5.97 Å². The van der Waals surface area contributed by atoms with Crippen molar-refractivity contribution in [2.24, 2.45) is 5.92 Å². The first kappa shape index (κ1) is 15.0. The summed E-state index contributed by atoms with van der Waals surface area (Å²) in [6.45, 7) is 3.68. The van der Waals surface area contributed by atoms with Gasteiger partial charge in [-0.3, -0.25) is 9.59 Å². The second kappa shape index (κ2) is 5.52. The molecule has 1 amide bonds. The highest BCUT2D eigenvalue weighted by Crippen LogP contribution is 2.40. The lowest BCUT2D eigenvalue weighted by Crippen LogP contribution is -2.36. The number of rotatable bonds is 3. The summed E-state index contributed by atoms with van der Waals surface area (Å²) >= 11 is 3.10. The molecule has 0 aliphatic carbocycles. The number of carbonyl (C=O) groups is 2. The summed E-state index contributed by atoms with van der Waals surface area (Å²) in [5, 5.41) is 9.32. The van der Waals surface area contributed by atoms with Crippen molar-refractivity contribution in [3.05, 3.63) is 34.1 Å². The molecule has 20 heavy (non-hydrogen) atoms. The van der Waals surface area contributed by atoms with Gasteiger partial charge in [-0.15, -0.1) is 0 Å². The molecular formula is C14H15BrFNO3. The summed E-state index contributed by atoms with van der Waals surface area (Å²) in [6, 6.07) is 3.69. The summed E-state index contributed by atoms with van der Waals surface area (Å²) < 4.78 is 13.6. The Morgan fingerprint density at radius 2 is 2.15 bits per heavy atom. The Balaban J connectivity index is 2.48. The number of carbonyl (C=O) groups excluding carboxylic acids is 1. The molecule has 1 saturated heterocycles. The van der Waals surface area contributed by atoms with Crippen LogP contribution in [0.1, 0.15) is 31.9 Å². The summed E-state index contributed by atoms with van der Waals surface area (Å²) in [6.07, 6.45) is -0.0207. The zero-order valence-corrected chi connectivity index (χ0v) is 12.7. The van der Waals surface area contributed by atoms with Crippen LogP contribution in [-0.4, -0.2) is 27.9 Å². The van der Waals surface area contributed by atoms with Gasteiger partial charge in [0.25, 0.3) is 0 Å². The van der Waals surface area contributed by atoms with Crippen molar-refractivity contribution in [3.8, 4) is 0 Å². The van der Waals surface area contributed by atoms with Gasteiger partial charge in [0, 0.05) is 12.5 Å². The van der Waals surface area contributed by atoms with Crippen LogP contribution in [0.25, 0.3) is 0 Å². The van der Waals surface area contributed by atoms with Gasteiger partial charge in [0.15, 0.2) is 0 Å². The quantitative estimate of drug-likeness (QED) is 0.917. The molecule has 2 atom stereocenters. The highest BCUT2D eigenvalue weighted by Gasteiger charge is 2.45. The summed E-state index contributed by atoms with van der Waals surface area (Å²) in [7, 11) is 0. The summed E-state index contributed by atoms with van der Waals surface area (Å²) in [4.78, 5) is 25.0. The van der Waals surface area contributed by atoms with E-state index in [1.165, 1.54) is 12.1 Å². The Labute approximate surface area is 124 Å². The van der Waals surface area contributed by atoms with Crippen LogP contribution < -0.4 is 0 Å². The Morgan fingerprint density at radius 1 is 1.50 bits per heavy atom. The fraction of sp³-hybridized carbons (Fsp3) is 0.429. The molecule has 0 spiro atoms. The van der Waals surface area contributed by atoms with Crippen LogP contribution in [-0.2, 0) is 9.59 Å². The van der Waals surface area contributed by atoms with Crippen LogP contribution in [0, 0.1) is 11.7 Å². The van der Waals surface area contributed by atoms with E-state index in [9.17, 15) is 19.1 Å². The number of amides is 1. The number of hydrogen-bond donors (Lipinski definition) is 1. The molecule has 0 bridgehead atoms. The van der Waals surface area contributed by atoms with Gasteiger partial charge in [-0.05, 0) is 47.5 Å². The minimum absolute atomic E-state index is 0.0207. The number of halogens is 2. The van der Waals surface area contributed by atoms with E-state index in [4.69, 9.17) is 0 Å². The smallest absolute Gasteiger partial charge is 0.309 e. The Kier molecular flexibility index (Phi) is 4.13. The molecule has 2 rings (SSSR count). The van der Waals surface area contributed by atoms with Gasteiger partial charge < -0.3 is 10.0 Å². The van der Waals surface area contributed by atoms with Gasteiger partial charge in [-0.25, -0.2) is 4.39 Å². The maximum Gasteiger partial charge on any atom is 0.309 e. The topological polar surface area (TPSA) is 57.6 Å². The number of nitrogens with zero attached hydrogens (tertiary/aromatic N) is 1. The minimum Gasteiger partial charge on any atom is -0.481 e. The molecule has 2 unspecified atom stereocenters. The molecule has 0 aromatic heterocycles. The van der Waals surface area contributed by atoms with Crippen molar-refractivity contribution in [3.63, 3.8) is 0 Å². The first-order chi connectivity index (χ1) is 9.32. The molecule has 6 heteroatoms. The number of likely N-dealkylation sites (tertiary alicyclic amines) is 1. The second-order valence-corrected chi connectivity index (χ2v) is 6.02. The predicted octanol–water partition coefficient (Wildman–Crippen LogP) is 2.97. The number of carboxylic acid groups (broad SMARTS) is 1. The van der Waals surface area contributed by atoms with E-state index in [2.05, 4.69) is 15.9 Å². The summed E-state index contributed by atoms with van der Waals surface area (Å²) in [5.41, 5.74) is 0.630. The predicted molar refractivity (Wildman–Crippen MR) is 74.6 cm³/mol. The van der Waals surface area contributed by atoms with Crippen molar-refractivity contribution in [2.45, 2.75) is 32.4 Å². The largest absolute Gasteiger partial charge is 0.481 e. The number of benzene rings is 1. The normalized spacial score (nSPS) is 22.6. The van der Waals surface area contributed by atoms with Crippen molar-refractivity contribution in [1.29, 1.82) is 0 Å². The molecule has 1 fully saturated rings. The maximum absolute atomic E-state index is 13.3. The van der Waals surface area contributed by atoms with Crippen LogP contribution in [0.3, 0.4) is 0 Å². The number of hydrogen-bond acceptors (Lipinski definition) is 2. The van der Waals surface area contributed by atoms with Gasteiger partial charge in [0.1, 0.15) is 5.82 Å². The molecule has 1 aromatic rings. The lowest BCUT2D eigenvalue weighted by atomic mass is 9.93. The molecule has 4 nitrogen and oxygen atoms in total. The highest BCUT2D eigenvalue weighted by atomic mass is 79.9. The Bertz CT molecular complexity index is 561. The van der Waals surface area contributed by atoms with E-state index in [-0.39, 0.29) is 22.8 Å². The number of aliphatic carboxylic acids is 1. The molecule has 1 N–H and O–H groups in total. The third-order valence-electron chi connectivity index (χ3n) is 3.52. The van der Waals surface area contributed by atoms with Crippen LogP contribution in [0.2, 0.25) is 0 Å². The maximum atomic E-state index is 13.3. The van der Waals surface area contributed by atoms with E-state index in [0.29, 0.717) is 5.56 Å². The zero-order chi connectivity index (χ0) is 15.0. The third-order valence-corrected chi connectivity index (χ3v) is 4.13. The fourth-order valence-corrected chi connectivity index (χ4v) is 3.07. The lowest BCUT2D eigenvalue weighted by Gasteiger charge is -2.30. The fourth-order valence-electron chi connectivity index (χ4n) is 2.67. The average molecular weight is 344 g/mol. The van der Waals surface area contributed by atoms with E-state index >= 15 is 0 Å². The standard InChI is InChI=1S/C14H15BrFNO3/c1-7(2)17-12(18)6-9(14(19)20)13(17)8-3-4-11(16)10(15)5-8/h3-5,7,9,13H,6H2,1-2H3,(H,19,20).